The number of allylic oxidation sites excluding steroid dienone is 1. The molecule has 0 aromatic heterocycles. The van der Waals surface area contributed by atoms with Gasteiger partial charge >= 0.3 is 5.97 Å². The van der Waals surface area contributed by atoms with Gasteiger partial charge in [-0.1, -0.05) is 42.1 Å². The summed E-state index contributed by atoms with van der Waals surface area (Å²) in [6.07, 6.45) is 0. The highest BCUT2D eigenvalue weighted by atomic mass is 32.2. The number of nitrogens with zero attached hydrogens (tertiary/aromatic N) is 1. The number of rotatable bonds is 4. The van der Waals surface area contributed by atoms with E-state index in [2.05, 4.69) is 15.0 Å². The van der Waals surface area contributed by atoms with Crippen molar-refractivity contribution < 1.29 is 14.3 Å². The average molecular weight is 319 g/mol. The van der Waals surface area contributed by atoms with Crippen LogP contribution in [0.2, 0.25) is 0 Å². The second-order valence-electron chi connectivity index (χ2n) is 4.64. The topological polar surface area (TPSA) is 93.8 Å². The highest BCUT2D eigenvalue weighted by molar-refractivity contribution is 8.14. The molecule has 0 spiro atoms. The van der Waals surface area contributed by atoms with E-state index in [1.165, 1.54) is 18.9 Å². The number of ether oxygens (including phenoxy) is 1. The number of hydrogen-bond acceptors (Lipinski definition) is 6. The van der Waals surface area contributed by atoms with E-state index in [1.807, 2.05) is 30.3 Å². The average Bonchev–Trinajstić information content (AvgIpc) is 2.52. The number of methoxy groups -OCH3 is 1. The number of benzene rings is 1. The van der Waals surface area contributed by atoms with Crippen molar-refractivity contribution in [2.45, 2.75) is 13.0 Å². The van der Waals surface area contributed by atoms with Gasteiger partial charge in [0, 0.05) is 5.70 Å². The fraction of sp³-hybridized carbons (Fsp3) is 0.267. The molecule has 1 amide bonds. The number of hydrogen-bond donors (Lipinski definition) is 2. The molecule has 6 nitrogen and oxygen atoms in total. The van der Waals surface area contributed by atoms with Crippen LogP contribution in [0.3, 0.4) is 0 Å². The van der Waals surface area contributed by atoms with Crippen LogP contribution in [0.4, 0.5) is 0 Å². The zero-order chi connectivity index (χ0) is 16.1. The van der Waals surface area contributed by atoms with Crippen molar-refractivity contribution in [2.24, 2.45) is 10.7 Å². The summed E-state index contributed by atoms with van der Waals surface area (Å²) in [6, 6.07) is 8.95. The Morgan fingerprint density at radius 1 is 1.36 bits per heavy atom. The van der Waals surface area contributed by atoms with E-state index in [1.54, 1.807) is 6.92 Å². The third-order valence-corrected chi connectivity index (χ3v) is 4.01. The summed E-state index contributed by atoms with van der Waals surface area (Å²) < 4.78 is 4.61. The number of thioether (sulfide) groups is 1. The molecule has 0 bridgehead atoms. The number of carbonyl (C=O) groups excluding carboxylic acids is 2. The first kappa shape index (κ1) is 16.1. The highest BCUT2D eigenvalue weighted by Crippen LogP contribution is 2.31. The molecule has 1 aromatic carbocycles. The first-order valence-corrected chi connectivity index (χ1v) is 7.61. The van der Waals surface area contributed by atoms with Crippen molar-refractivity contribution in [2.75, 3.05) is 12.9 Å². The molecule has 0 unspecified atom stereocenters. The lowest BCUT2D eigenvalue weighted by molar-refractivity contribution is -0.137. The molecule has 1 aromatic rings. The van der Waals surface area contributed by atoms with Crippen molar-refractivity contribution >= 4 is 28.8 Å². The van der Waals surface area contributed by atoms with Crippen LogP contribution in [0.1, 0.15) is 18.5 Å². The predicted octanol–water partition coefficient (Wildman–Crippen LogP) is 1.35. The Hall–Kier alpha value is -2.28. The highest BCUT2D eigenvalue weighted by Gasteiger charge is 2.27. The van der Waals surface area contributed by atoms with E-state index >= 15 is 0 Å². The van der Waals surface area contributed by atoms with Gasteiger partial charge in [0.2, 0.25) is 5.91 Å². The number of nitrogens with two attached hydrogens (primary N) is 1. The molecule has 0 fully saturated rings. The molecule has 116 valence electrons. The van der Waals surface area contributed by atoms with Gasteiger partial charge in [-0.3, -0.25) is 9.59 Å². The van der Waals surface area contributed by atoms with E-state index in [0.29, 0.717) is 16.4 Å². The summed E-state index contributed by atoms with van der Waals surface area (Å²) in [6.45, 7) is 1.77. The number of amidine groups is 1. The van der Waals surface area contributed by atoms with E-state index in [-0.39, 0.29) is 11.7 Å². The molecule has 2 rings (SSSR count). The Labute approximate surface area is 132 Å². The van der Waals surface area contributed by atoms with Gasteiger partial charge in [0.25, 0.3) is 0 Å². The van der Waals surface area contributed by atoms with Gasteiger partial charge in [-0.05, 0) is 12.5 Å². The molecule has 0 aliphatic carbocycles. The third kappa shape index (κ3) is 3.67. The van der Waals surface area contributed by atoms with Crippen LogP contribution in [-0.2, 0) is 14.3 Å². The van der Waals surface area contributed by atoms with Crippen molar-refractivity contribution in [3.05, 3.63) is 47.2 Å². The summed E-state index contributed by atoms with van der Waals surface area (Å²) >= 11 is 1.22. The fourth-order valence-electron chi connectivity index (χ4n) is 2.10. The van der Waals surface area contributed by atoms with Crippen molar-refractivity contribution in [3.8, 4) is 0 Å². The van der Waals surface area contributed by atoms with Crippen molar-refractivity contribution in [3.63, 3.8) is 0 Å². The molecule has 3 N–H and O–H groups in total. The van der Waals surface area contributed by atoms with Gasteiger partial charge in [-0.25, -0.2) is 4.99 Å². The van der Waals surface area contributed by atoms with Gasteiger partial charge in [-0.2, -0.15) is 0 Å². The van der Waals surface area contributed by atoms with E-state index in [0.717, 1.165) is 5.56 Å². The zero-order valence-corrected chi connectivity index (χ0v) is 13.1. The number of primary amides is 1. The summed E-state index contributed by atoms with van der Waals surface area (Å²) in [4.78, 5) is 27.5. The van der Waals surface area contributed by atoms with Gasteiger partial charge < -0.3 is 15.8 Å². The van der Waals surface area contributed by atoms with Gasteiger partial charge in [0.15, 0.2) is 5.17 Å². The molecular formula is C15H17N3O3S. The summed E-state index contributed by atoms with van der Waals surface area (Å²) in [5, 5.41) is 3.57. The molecule has 0 saturated carbocycles. The quantitative estimate of drug-likeness (QED) is 0.817. The maximum absolute atomic E-state index is 11.7. The minimum absolute atomic E-state index is 0.142. The molecule has 1 heterocycles. The minimum Gasteiger partial charge on any atom is -0.468 e. The third-order valence-electron chi connectivity index (χ3n) is 3.15. The van der Waals surface area contributed by atoms with Crippen LogP contribution in [0.25, 0.3) is 0 Å². The van der Waals surface area contributed by atoms with E-state index in [9.17, 15) is 9.59 Å². The first-order valence-electron chi connectivity index (χ1n) is 6.63. The number of esters is 1. The first-order chi connectivity index (χ1) is 10.5. The van der Waals surface area contributed by atoms with Crippen LogP contribution in [0.5, 0.6) is 0 Å². The number of amides is 1. The smallest absolute Gasteiger partial charge is 0.316 e. The number of aliphatic imine (C=N–C) groups is 1. The number of carbonyl (C=O) groups is 2. The SMILES string of the molecule is COC(=O)CSC1=N[C@H](c2ccccc2)C(C(N)=O)=C(C)N1. The van der Waals surface area contributed by atoms with Crippen molar-refractivity contribution in [1.82, 2.24) is 5.32 Å². The summed E-state index contributed by atoms with van der Waals surface area (Å²) in [7, 11) is 1.34. The lowest BCUT2D eigenvalue weighted by Crippen LogP contribution is -2.32. The van der Waals surface area contributed by atoms with Crippen LogP contribution >= 0.6 is 11.8 Å². The zero-order valence-electron chi connectivity index (χ0n) is 12.3. The lowest BCUT2D eigenvalue weighted by atomic mass is 9.96. The standard InChI is InChI=1S/C15H17N3O3S/c1-9-12(14(16)20)13(10-6-4-3-5-7-10)18-15(17-9)22-8-11(19)21-2/h3-7,13H,8H2,1-2H3,(H2,16,20)(H,17,18)/t13-/m1/s1. The van der Waals surface area contributed by atoms with E-state index in [4.69, 9.17) is 5.73 Å². The van der Waals surface area contributed by atoms with Crippen LogP contribution < -0.4 is 11.1 Å². The molecule has 0 radical (unpaired) electrons. The maximum atomic E-state index is 11.7. The predicted molar refractivity (Wildman–Crippen MR) is 86.1 cm³/mol. The fourth-order valence-corrected chi connectivity index (χ4v) is 2.88. The Morgan fingerprint density at radius 3 is 2.64 bits per heavy atom. The molecular weight excluding hydrogens is 302 g/mol. The normalized spacial score (nSPS) is 17.5. The largest absolute Gasteiger partial charge is 0.468 e. The van der Waals surface area contributed by atoms with Crippen LogP contribution in [-0.4, -0.2) is 29.9 Å². The summed E-state index contributed by atoms with van der Waals surface area (Å²) in [5.74, 6) is -0.712. The number of nitrogens with one attached hydrogen (secondary N) is 1. The monoisotopic (exact) mass is 319 g/mol. The molecule has 1 aliphatic heterocycles. The van der Waals surface area contributed by atoms with Crippen LogP contribution in [0.15, 0.2) is 46.6 Å². The Morgan fingerprint density at radius 2 is 2.05 bits per heavy atom. The second-order valence-corrected chi connectivity index (χ2v) is 5.60. The maximum Gasteiger partial charge on any atom is 0.316 e. The van der Waals surface area contributed by atoms with E-state index < -0.39 is 11.9 Å². The second kappa shape index (κ2) is 7.13. The molecule has 1 atom stereocenters. The lowest BCUT2D eigenvalue weighted by Gasteiger charge is -2.25. The Balaban J connectivity index is 2.30. The van der Waals surface area contributed by atoms with Gasteiger partial charge in [0.1, 0.15) is 6.04 Å². The molecule has 7 heteroatoms. The Bertz CT molecular complexity index is 641. The van der Waals surface area contributed by atoms with Crippen LogP contribution in [0, 0.1) is 0 Å². The molecule has 1 aliphatic rings. The van der Waals surface area contributed by atoms with Crippen molar-refractivity contribution in [1.29, 1.82) is 0 Å². The Kier molecular flexibility index (Phi) is 5.21. The summed E-state index contributed by atoms with van der Waals surface area (Å²) in [5.41, 5.74) is 7.42. The molecule has 22 heavy (non-hydrogen) atoms. The van der Waals surface area contributed by atoms with Gasteiger partial charge in [0.05, 0.1) is 18.4 Å². The van der Waals surface area contributed by atoms with Gasteiger partial charge in [-0.15, -0.1) is 0 Å². The molecule has 0 saturated heterocycles. The minimum atomic E-state index is -0.514.